The third kappa shape index (κ3) is 3.81. The maximum absolute atomic E-state index is 12.0. The fourth-order valence-corrected chi connectivity index (χ4v) is 3.01. The summed E-state index contributed by atoms with van der Waals surface area (Å²) in [6.45, 7) is 0. The van der Waals surface area contributed by atoms with Gasteiger partial charge in [-0.1, -0.05) is 41.1 Å². The normalized spacial score (nSPS) is 10.2. The standard InChI is InChI=1S/C16H13ClN4O2S/c1-23-11-8-6-10(7-9-11)18-15(22)19-16-21-20-14(24-16)12-4-2-3-5-13(12)17/h2-9H,1H3,(H2,18,19,21,22). The number of methoxy groups -OCH3 is 1. The molecule has 0 saturated carbocycles. The van der Waals surface area contributed by atoms with Crippen LogP contribution in [0.15, 0.2) is 48.5 Å². The summed E-state index contributed by atoms with van der Waals surface area (Å²) in [6, 6.07) is 13.9. The van der Waals surface area contributed by atoms with Crippen LogP contribution >= 0.6 is 22.9 Å². The molecule has 0 fully saturated rings. The number of ether oxygens (including phenoxy) is 1. The number of amides is 2. The molecule has 0 atom stereocenters. The third-order valence-corrected chi connectivity index (χ3v) is 4.30. The van der Waals surface area contributed by atoms with Crippen molar-refractivity contribution in [3.8, 4) is 16.3 Å². The van der Waals surface area contributed by atoms with Gasteiger partial charge in [-0.15, -0.1) is 10.2 Å². The second kappa shape index (κ2) is 7.29. The molecule has 0 bridgehead atoms. The first kappa shape index (κ1) is 16.2. The number of nitrogens with zero attached hydrogens (tertiary/aromatic N) is 2. The third-order valence-electron chi connectivity index (χ3n) is 3.10. The highest BCUT2D eigenvalue weighted by atomic mass is 35.5. The van der Waals surface area contributed by atoms with Crippen molar-refractivity contribution in [1.29, 1.82) is 0 Å². The minimum atomic E-state index is -0.401. The van der Waals surface area contributed by atoms with Crippen molar-refractivity contribution in [3.05, 3.63) is 53.6 Å². The number of urea groups is 1. The lowest BCUT2D eigenvalue weighted by molar-refractivity contribution is 0.262. The lowest BCUT2D eigenvalue weighted by Crippen LogP contribution is -2.19. The first-order valence-corrected chi connectivity index (χ1v) is 8.15. The van der Waals surface area contributed by atoms with Gasteiger partial charge in [-0.05, 0) is 30.3 Å². The van der Waals surface area contributed by atoms with Crippen molar-refractivity contribution in [2.75, 3.05) is 17.7 Å². The Morgan fingerprint density at radius 1 is 1.08 bits per heavy atom. The smallest absolute Gasteiger partial charge is 0.325 e. The quantitative estimate of drug-likeness (QED) is 0.717. The summed E-state index contributed by atoms with van der Waals surface area (Å²) in [4.78, 5) is 12.0. The van der Waals surface area contributed by atoms with E-state index in [4.69, 9.17) is 16.3 Å². The van der Waals surface area contributed by atoms with Gasteiger partial charge in [-0.25, -0.2) is 4.79 Å². The lowest BCUT2D eigenvalue weighted by Gasteiger charge is -2.05. The molecule has 0 aliphatic heterocycles. The Morgan fingerprint density at radius 3 is 2.54 bits per heavy atom. The summed E-state index contributed by atoms with van der Waals surface area (Å²) >= 11 is 7.38. The van der Waals surface area contributed by atoms with Crippen molar-refractivity contribution in [3.63, 3.8) is 0 Å². The molecular weight excluding hydrogens is 348 g/mol. The predicted molar refractivity (Wildman–Crippen MR) is 96.0 cm³/mol. The second-order valence-corrected chi connectivity index (χ2v) is 6.08. The van der Waals surface area contributed by atoms with Crippen LogP contribution in [0.3, 0.4) is 0 Å². The van der Waals surface area contributed by atoms with Gasteiger partial charge < -0.3 is 10.1 Å². The van der Waals surface area contributed by atoms with Crippen LogP contribution in [0.4, 0.5) is 15.6 Å². The maximum atomic E-state index is 12.0. The van der Waals surface area contributed by atoms with Gasteiger partial charge in [0, 0.05) is 11.3 Å². The van der Waals surface area contributed by atoms with Gasteiger partial charge in [-0.2, -0.15) is 0 Å². The van der Waals surface area contributed by atoms with Crippen LogP contribution in [-0.4, -0.2) is 23.3 Å². The maximum Gasteiger partial charge on any atom is 0.325 e. The summed E-state index contributed by atoms with van der Waals surface area (Å²) in [5, 5.41) is 15.0. The molecule has 2 aromatic carbocycles. The topological polar surface area (TPSA) is 76.1 Å². The van der Waals surface area contributed by atoms with Gasteiger partial charge >= 0.3 is 6.03 Å². The van der Waals surface area contributed by atoms with E-state index in [0.717, 1.165) is 11.3 Å². The lowest BCUT2D eigenvalue weighted by atomic mass is 10.2. The van der Waals surface area contributed by atoms with Gasteiger partial charge in [0.2, 0.25) is 5.13 Å². The molecule has 1 heterocycles. The van der Waals surface area contributed by atoms with Crippen molar-refractivity contribution >= 4 is 39.8 Å². The van der Waals surface area contributed by atoms with Crippen molar-refractivity contribution in [2.24, 2.45) is 0 Å². The van der Waals surface area contributed by atoms with Gasteiger partial charge in [0.15, 0.2) is 5.01 Å². The molecular formula is C16H13ClN4O2S. The number of benzene rings is 2. The van der Waals surface area contributed by atoms with Gasteiger partial charge in [-0.3, -0.25) is 5.32 Å². The molecule has 2 amide bonds. The highest BCUT2D eigenvalue weighted by Crippen LogP contribution is 2.31. The molecule has 0 radical (unpaired) electrons. The number of rotatable bonds is 4. The molecule has 1 aromatic heterocycles. The molecule has 3 aromatic rings. The first-order chi connectivity index (χ1) is 11.7. The largest absolute Gasteiger partial charge is 0.497 e. The number of aromatic nitrogens is 2. The van der Waals surface area contributed by atoms with E-state index in [-0.39, 0.29) is 0 Å². The Balaban J connectivity index is 1.66. The van der Waals surface area contributed by atoms with Gasteiger partial charge in [0.05, 0.1) is 12.1 Å². The molecule has 0 aliphatic carbocycles. The van der Waals surface area contributed by atoms with Crippen LogP contribution in [-0.2, 0) is 0 Å². The Bertz CT molecular complexity index is 851. The zero-order chi connectivity index (χ0) is 16.9. The average molecular weight is 361 g/mol. The Morgan fingerprint density at radius 2 is 1.83 bits per heavy atom. The molecule has 6 nitrogen and oxygen atoms in total. The summed E-state index contributed by atoms with van der Waals surface area (Å²) in [7, 11) is 1.58. The van der Waals surface area contributed by atoms with E-state index >= 15 is 0 Å². The number of halogens is 1. The van der Waals surface area contributed by atoms with Crippen LogP contribution in [0.1, 0.15) is 0 Å². The Labute approximate surface area is 147 Å². The van der Waals surface area contributed by atoms with Gasteiger partial charge in [0.25, 0.3) is 0 Å². The number of carbonyl (C=O) groups excluding carboxylic acids is 1. The molecule has 3 rings (SSSR count). The Hall–Kier alpha value is -2.64. The van der Waals surface area contributed by atoms with E-state index in [2.05, 4.69) is 20.8 Å². The van der Waals surface area contributed by atoms with E-state index in [1.165, 1.54) is 11.3 Å². The van der Waals surface area contributed by atoms with Crippen molar-refractivity contribution in [2.45, 2.75) is 0 Å². The summed E-state index contributed by atoms with van der Waals surface area (Å²) < 4.78 is 5.07. The van der Waals surface area contributed by atoms with E-state index < -0.39 is 6.03 Å². The Kier molecular flexibility index (Phi) is 4.93. The second-order valence-electron chi connectivity index (χ2n) is 4.70. The minimum absolute atomic E-state index is 0.385. The zero-order valence-electron chi connectivity index (χ0n) is 12.6. The van der Waals surface area contributed by atoms with E-state index in [9.17, 15) is 4.79 Å². The summed E-state index contributed by atoms with van der Waals surface area (Å²) in [5.41, 5.74) is 1.42. The molecule has 122 valence electrons. The molecule has 0 spiro atoms. The fraction of sp³-hybridized carbons (Fsp3) is 0.0625. The zero-order valence-corrected chi connectivity index (χ0v) is 14.2. The fourth-order valence-electron chi connectivity index (χ4n) is 1.95. The predicted octanol–water partition coefficient (Wildman–Crippen LogP) is 4.51. The van der Waals surface area contributed by atoms with E-state index in [1.807, 2.05) is 18.2 Å². The molecule has 0 unspecified atom stereocenters. The highest BCUT2D eigenvalue weighted by molar-refractivity contribution is 7.18. The first-order valence-electron chi connectivity index (χ1n) is 6.96. The molecule has 8 heteroatoms. The highest BCUT2D eigenvalue weighted by Gasteiger charge is 2.11. The summed E-state index contributed by atoms with van der Waals surface area (Å²) in [6.07, 6.45) is 0. The van der Waals surface area contributed by atoms with Crippen molar-refractivity contribution < 1.29 is 9.53 Å². The SMILES string of the molecule is COc1ccc(NC(=O)Nc2nnc(-c3ccccc3Cl)s2)cc1. The number of anilines is 2. The van der Waals surface area contributed by atoms with Crippen LogP contribution in [0, 0.1) is 0 Å². The van der Waals surface area contributed by atoms with E-state index in [1.54, 1.807) is 37.4 Å². The monoisotopic (exact) mass is 360 g/mol. The van der Waals surface area contributed by atoms with Crippen LogP contribution < -0.4 is 15.4 Å². The van der Waals surface area contributed by atoms with Crippen LogP contribution in [0.2, 0.25) is 5.02 Å². The average Bonchev–Trinajstić information content (AvgIpc) is 3.04. The van der Waals surface area contributed by atoms with Crippen molar-refractivity contribution in [1.82, 2.24) is 10.2 Å². The molecule has 0 aliphatic rings. The van der Waals surface area contributed by atoms with Crippen LogP contribution in [0.25, 0.3) is 10.6 Å². The molecule has 0 saturated heterocycles. The number of hydrogen-bond donors (Lipinski definition) is 2. The molecule has 24 heavy (non-hydrogen) atoms. The minimum Gasteiger partial charge on any atom is -0.497 e. The van der Waals surface area contributed by atoms with E-state index in [0.29, 0.717) is 20.8 Å². The number of hydrogen-bond acceptors (Lipinski definition) is 5. The van der Waals surface area contributed by atoms with Crippen LogP contribution in [0.5, 0.6) is 5.75 Å². The molecule has 2 N–H and O–H groups in total. The summed E-state index contributed by atoms with van der Waals surface area (Å²) in [5.74, 6) is 0.717. The number of carbonyl (C=O) groups is 1. The van der Waals surface area contributed by atoms with Gasteiger partial charge in [0.1, 0.15) is 5.75 Å². The number of nitrogens with one attached hydrogen (secondary N) is 2.